The molecule has 0 radical (unpaired) electrons. The highest BCUT2D eigenvalue weighted by Gasteiger charge is 2.00. The van der Waals surface area contributed by atoms with E-state index in [0.29, 0.717) is 0 Å². The minimum absolute atomic E-state index is 1.13. The zero-order chi connectivity index (χ0) is 18.6. The third-order valence-electron chi connectivity index (χ3n) is 4.81. The molecular weight excluding hydrogens is 316 g/mol. The van der Waals surface area contributed by atoms with Crippen LogP contribution in [0.25, 0.3) is 12.2 Å². The van der Waals surface area contributed by atoms with Crippen molar-refractivity contribution in [2.75, 3.05) is 19.0 Å². The molecule has 0 aliphatic heterocycles. The lowest BCUT2D eigenvalue weighted by Crippen LogP contribution is -2.32. The molecule has 2 heteroatoms. The summed E-state index contributed by atoms with van der Waals surface area (Å²) >= 11 is 0. The van der Waals surface area contributed by atoms with Crippen LogP contribution in [0.4, 0.5) is 5.69 Å². The molecule has 0 amide bonds. The molecule has 2 nitrogen and oxygen atoms in total. The van der Waals surface area contributed by atoms with Crippen molar-refractivity contribution in [2.24, 2.45) is 0 Å². The lowest BCUT2D eigenvalue weighted by atomic mass is 10.1. The SMILES string of the molecule is CCCCCCCCC[n+]1ccc(/C=C/c2ccc(N(C)C)cc2)cc1. The van der Waals surface area contributed by atoms with Gasteiger partial charge in [0, 0.05) is 38.3 Å². The van der Waals surface area contributed by atoms with Crippen LogP contribution >= 0.6 is 0 Å². The number of hydrogen-bond donors (Lipinski definition) is 0. The predicted octanol–water partition coefficient (Wildman–Crippen LogP) is 5.96. The van der Waals surface area contributed by atoms with Crippen molar-refractivity contribution in [1.29, 1.82) is 0 Å². The number of hydrogen-bond acceptors (Lipinski definition) is 1. The average Bonchev–Trinajstić information content (AvgIpc) is 2.67. The van der Waals surface area contributed by atoms with Crippen LogP contribution < -0.4 is 9.47 Å². The summed E-state index contributed by atoms with van der Waals surface area (Å²) in [6.45, 7) is 3.40. The Morgan fingerprint density at radius 2 is 1.27 bits per heavy atom. The van der Waals surface area contributed by atoms with E-state index >= 15 is 0 Å². The van der Waals surface area contributed by atoms with Crippen LogP contribution in [0.1, 0.15) is 63.0 Å². The van der Waals surface area contributed by atoms with Crippen LogP contribution in [0.15, 0.2) is 48.8 Å². The van der Waals surface area contributed by atoms with Gasteiger partial charge < -0.3 is 4.90 Å². The quantitative estimate of drug-likeness (QED) is 0.358. The van der Waals surface area contributed by atoms with Gasteiger partial charge in [-0.15, -0.1) is 0 Å². The number of nitrogens with zero attached hydrogens (tertiary/aromatic N) is 2. The summed E-state index contributed by atoms with van der Waals surface area (Å²) in [7, 11) is 4.13. The van der Waals surface area contributed by atoms with Gasteiger partial charge in [0.15, 0.2) is 12.4 Å². The van der Waals surface area contributed by atoms with Crippen molar-refractivity contribution in [3.8, 4) is 0 Å². The molecule has 0 saturated heterocycles. The first-order chi connectivity index (χ1) is 12.7. The van der Waals surface area contributed by atoms with E-state index in [1.165, 1.54) is 61.8 Å². The Bertz CT molecular complexity index is 639. The summed E-state index contributed by atoms with van der Waals surface area (Å²) in [6, 6.07) is 13.0. The average molecular weight is 352 g/mol. The number of aromatic nitrogens is 1. The number of aryl methyl sites for hydroxylation is 1. The van der Waals surface area contributed by atoms with E-state index in [1.807, 2.05) is 0 Å². The lowest BCUT2D eigenvalue weighted by molar-refractivity contribution is -0.697. The van der Waals surface area contributed by atoms with E-state index in [-0.39, 0.29) is 0 Å². The van der Waals surface area contributed by atoms with Crippen molar-refractivity contribution in [3.05, 3.63) is 59.9 Å². The van der Waals surface area contributed by atoms with Gasteiger partial charge in [0.1, 0.15) is 6.54 Å². The fourth-order valence-electron chi connectivity index (χ4n) is 3.06. The Balaban J connectivity index is 1.74. The topological polar surface area (TPSA) is 7.12 Å². The molecule has 0 fully saturated rings. The first-order valence-electron chi connectivity index (χ1n) is 10.1. The third kappa shape index (κ3) is 7.43. The largest absolute Gasteiger partial charge is 0.378 e. The van der Waals surface area contributed by atoms with Gasteiger partial charge >= 0.3 is 0 Å². The van der Waals surface area contributed by atoms with Gasteiger partial charge in [0.2, 0.25) is 0 Å². The maximum Gasteiger partial charge on any atom is 0.169 e. The number of benzene rings is 1. The van der Waals surface area contributed by atoms with Gasteiger partial charge in [0.05, 0.1) is 0 Å². The van der Waals surface area contributed by atoms with Crippen molar-refractivity contribution in [1.82, 2.24) is 0 Å². The second-order valence-electron chi connectivity index (χ2n) is 7.31. The van der Waals surface area contributed by atoms with Gasteiger partial charge in [-0.05, 0) is 29.7 Å². The smallest absolute Gasteiger partial charge is 0.169 e. The molecule has 1 aromatic heterocycles. The molecule has 2 rings (SSSR count). The number of rotatable bonds is 11. The van der Waals surface area contributed by atoms with E-state index in [9.17, 15) is 0 Å². The maximum absolute atomic E-state index is 2.30. The van der Waals surface area contributed by atoms with Gasteiger partial charge in [-0.2, -0.15) is 0 Å². The second-order valence-corrected chi connectivity index (χ2v) is 7.31. The maximum atomic E-state index is 2.30. The Kier molecular flexibility index (Phi) is 8.95. The molecule has 0 unspecified atom stereocenters. The molecule has 0 atom stereocenters. The molecule has 0 spiro atoms. The summed E-state index contributed by atoms with van der Waals surface area (Å²) in [5.74, 6) is 0. The zero-order valence-electron chi connectivity index (χ0n) is 16.8. The molecule has 0 N–H and O–H groups in total. The van der Waals surface area contributed by atoms with Crippen LogP contribution in [0.2, 0.25) is 0 Å². The lowest BCUT2D eigenvalue weighted by Gasteiger charge is -2.11. The van der Waals surface area contributed by atoms with E-state index in [1.54, 1.807) is 0 Å². The monoisotopic (exact) mass is 351 g/mol. The van der Waals surface area contributed by atoms with Crippen LogP contribution in [0, 0.1) is 0 Å². The molecule has 0 aliphatic carbocycles. The molecule has 26 heavy (non-hydrogen) atoms. The minimum atomic E-state index is 1.13. The predicted molar refractivity (Wildman–Crippen MR) is 114 cm³/mol. The molecular formula is C24H35N2+. The molecule has 1 heterocycles. The van der Waals surface area contributed by atoms with E-state index in [0.717, 1.165) is 6.54 Å². The molecule has 1 aromatic carbocycles. The van der Waals surface area contributed by atoms with Crippen LogP contribution in [-0.4, -0.2) is 14.1 Å². The van der Waals surface area contributed by atoms with E-state index < -0.39 is 0 Å². The Hall–Kier alpha value is -2.09. The Morgan fingerprint density at radius 1 is 0.731 bits per heavy atom. The number of pyridine rings is 1. The first-order valence-corrected chi connectivity index (χ1v) is 10.1. The molecule has 2 aromatic rings. The van der Waals surface area contributed by atoms with Crippen molar-refractivity contribution in [2.45, 2.75) is 58.4 Å². The van der Waals surface area contributed by atoms with E-state index in [4.69, 9.17) is 0 Å². The fraction of sp³-hybridized carbons (Fsp3) is 0.458. The van der Waals surface area contributed by atoms with Crippen molar-refractivity contribution >= 4 is 17.8 Å². The Morgan fingerprint density at radius 3 is 1.85 bits per heavy atom. The Labute approximate surface area is 160 Å². The van der Waals surface area contributed by atoms with Crippen LogP contribution in [-0.2, 0) is 6.54 Å². The summed E-state index contributed by atoms with van der Waals surface area (Å²) in [4.78, 5) is 2.12. The number of anilines is 1. The van der Waals surface area contributed by atoms with Gasteiger partial charge in [-0.3, -0.25) is 0 Å². The normalized spacial score (nSPS) is 11.2. The third-order valence-corrected chi connectivity index (χ3v) is 4.81. The highest BCUT2D eigenvalue weighted by molar-refractivity contribution is 5.70. The molecule has 0 bridgehead atoms. The first kappa shape index (κ1) is 20.2. The van der Waals surface area contributed by atoms with Gasteiger partial charge in [0.25, 0.3) is 0 Å². The highest BCUT2D eigenvalue weighted by Crippen LogP contribution is 2.14. The van der Waals surface area contributed by atoms with Crippen molar-refractivity contribution in [3.63, 3.8) is 0 Å². The zero-order valence-corrected chi connectivity index (χ0v) is 16.8. The fourth-order valence-corrected chi connectivity index (χ4v) is 3.06. The second kappa shape index (κ2) is 11.5. The minimum Gasteiger partial charge on any atom is -0.378 e. The molecule has 0 aliphatic rings. The van der Waals surface area contributed by atoms with Gasteiger partial charge in [-0.1, -0.05) is 63.3 Å². The summed E-state index contributed by atoms with van der Waals surface area (Å²) in [5, 5.41) is 0. The molecule has 0 saturated carbocycles. The van der Waals surface area contributed by atoms with E-state index in [2.05, 4.69) is 91.4 Å². The van der Waals surface area contributed by atoms with Crippen LogP contribution in [0.3, 0.4) is 0 Å². The highest BCUT2D eigenvalue weighted by atomic mass is 15.1. The molecule has 140 valence electrons. The van der Waals surface area contributed by atoms with Crippen LogP contribution in [0.5, 0.6) is 0 Å². The van der Waals surface area contributed by atoms with Gasteiger partial charge in [-0.25, -0.2) is 4.57 Å². The summed E-state index contributed by atoms with van der Waals surface area (Å²) in [5.41, 5.74) is 3.71. The summed E-state index contributed by atoms with van der Waals surface area (Å²) in [6.07, 6.45) is 18.3. The van der Waals surface area contributed by atoms with Crippen molar-refractivity contribution < 1.29 is 4.57 Å². The standard InChI is InChI=1S/C24H35N2/c1-4-5-6-7-8-9-10-19-26-20-17-23(18-21-26)12-11-22-13-15-24(16-14-22)25(2)3/h11-18,20-21H,4-10,19H2,1-3H3/q+1. The number of unbranched alkanes of at least 4 members (excludes halogenated alkanes) is 6. The summed E-state index contributed by atoms with van der Waals surface area (Å²) < 4.78 is 2.30.